The fourth-order valence-corrected chi connectivity index (χ4v) is 2.77. The largest absolute Gasteiger partial charge is 0.420 e. The van der Waals surface area contributed by atoms with Gasteiger partial charge in [-0.3, -0.25) is 5.10 Å². The molecule has 2 aromatic rings. The first kappa shape index (κ1) is 15.0. The van der Waals surface area contributed by atoms with Crippen LogP contribution >= 0.6 is 0 Å². The normalized spacial score (nSPS) is 16.7. The van der Waals surface area contributed by atoms with Crippen LogP contribution in [0.4, 0.5) is 8.78 Å². The molecule has 1 aromatic carbocycles. The molecule has 7 heteroatoms. The predicted octanol–water partition coefficient (Wildman–Crippen LogP) is 2.86. The van der Waals surface area contributed by atoms with Gasteiger partial charge in [-0.2, -0.15) is 5.26 Å². The monoisotopic (exact) mass is 316 g/mol. The van der Waals surface area contributed by atoms with E-state index in [1.807, 2.05) is 13.0 Å². The number of rotatable bonds is 3. The first-order valence-corrected chi connectivity index (χ1v) is 7.16. The van der Waals surface area contributed by atoms with Gasteiger partial charge in [-0.1, -0.05) is 19.4 Å². The zero-order valence-electron chi connectivity index (χ0n) is 12.4. The van der Waals surface area contributed by atoms with Gasteiger partial charge in [0, 0.05) is 11.3 Å². The van der Waals surface area contributed by atoms with Crippen LogP contribution in [0.2, 0.25) is 0 Å². The highest BCUT2D eigenvalue weighted by Crippen LogP contribution is 2.43. The summed E-state index contributed by atoms with van der Waals surface area (Å²) in [6, 6.07) is 5.55. The molecule has 1 aromatic heterocycles. The van der Waals surface area contributed by atoms with E-state index in [0.717, 1.165) is 24.2 Å². The zero-order chi connectivity index (χ0) is 16.6. The highest BCUT2D eigenvalue weighted by atomic mass is 19.2. The van der Waals surface area contributed by atoms with Crippen LogP contribution in [0.25, 0.3) is 0 Å². The SMILES string of the molecule is CCCc1[nH]nc2c1C(c1ccc(F)c(F)c1)C(C#N)=C(N)O2. The molecule has 0 saturated heterocycles. The summed E-state index contributed by atoms with van der Waals surface area (Å²) in [7, 11) is 0. The number of aryl methyl sites for hydroxylation is 1. The van der Waals surface area contributed by atoms with Crippen molar-refractivity contribution in [2.45, 2.75) is 25.7 Å². The number of H-pyrrole nitrogens is 1. The summed E-state index contributed by atoms with van der Waals surface area (Å²) >= 11 is 0. The number of nitrogens with two attached hydrogens (primary N) is 1. The van der Waals surface area contributed by atoms with Gasteiger partial charge < -0.3 is 10.5 Å². The maximum atomic E-state index is 13.7. The molecule has 0 bridgehead atoms. The van der Waals surface area contributed by atoms with Crippen molar-refractivity contribution in [2.24, 2.45) is 5.73 Å². The van der Waals surface area contributed by atoms with Gasteiger partial charge in [-0.05, 0) is 24.1 Å². The Bertz CT molecular complexity index is 835. The van der Waals surface area contributed by atoms with Crippen LogP contribution in [0, 0.1) is 23.0 Å². The van der Waals surface area contributed by atoms with Crippen molar-refractivity contribution in [3.63, 3.8) is 0 Å². The second-order valence-corrected chi connectivity index (χ2v) is 5.27. The van der Waals surface area contributed by atoms with Crippen molar-refractivity contribution in [3.05, 3.63) is 58.1 Å². The smallest absolute Gasteiger partial charge is 0.244 e. The Morgan fingerprint density at radius 1 is 1.39 bits per heavy atom. The van der Waals surface area contributed by atoms with E-state index in [0.29, 0.717) is 17.5 Å². The molecule has 0 fully saturated rings. The van der Waals surface area contributed by atoms with Crippen LogP contribution in [0.5, 0.6) is 5.88 Å². The average molecular weight is 316 g/mol. The van der Waals surface area contributed by atoms with E-state index in [1.165, 1.54) is 6.07 Å². The third-order valence-corrected chi connectivity index (χ3v) is 3.79. The summed E-state index contributed by atoms with van der Waals surface area (Å²) in [5, 5.41) is 16.4. The molecule has 0 spiro atoms. The van der Waals surface area contributed by atoms with E-state index >= 15 is 0 Å². The number of aromatic nitrogens is 2. The number of hydrogen-bond acceptors (Lipinski definition) is 4. The van der Waals surface area contributed by atoms with Crippen LogP contribution in [-0.4, -0.2) is 10.2 Å². The van der Waals surface area contributed by atoms with E-state index in [4.69, 9.17) is 10.5 Å². The number of nitrogens with one attached hydrogen (secondary N) is 1. The van der Waals surface area contributed by atoms with E-state index in [1.54, 1.807) is 0 Å². The molecule has 0 amide bonds. The number of allylic oxidation sites excluding steroid dienone is 1. The van der Waals surface area contributed by atoms with Crippen molar-refractivity contribution in [2.75, 3.05) is 0 Å². The molecule has 3 N–H and O–H groups in total. The molecule has 1 unspecified atom stereocenters. The van der Waals surface area contributed by atoms with E-state index < -0.39 is 17.6 Å². The Kier molecular flexibility index (Phi) is 3.74. The number of halogens is 2. The van der Waals surface area contributed by atoms with Crippen LogP contribution in [0.3, 0.4) is 0 Å². The van der Waals surface area contributed by atoms with Gasteiger partial charge in [-0.25, -0.2) is 8.78 Å². The van der Waals surface area contributed by atoms with E-state index in [-0.39, 0.29) is 17.3 Å². The molecule has 0 saturated carbocycles. The molecular formula is C16H14F2N4O. The third kappa shape index (κ3) is 2.42. The minimum Gasteiger partial charge on any atom is -0.420 e. The topological polar surface area (TPSA) is 87.7 Å². The highest BCUT2D eigenvalue weighted by Gasteiger charge is 2.35. The summed E-state index contributed by atoms with van der Waals surface area (Å²) in [5.41, 5.74) is 7.81. The second kappa shape index (κ2) is 5.72. The first-order valence-electron chi connectivity index (χ1n) is 7.16. The average Bonchev–Trinajstić information content (AvgIpc) is 2.91. The number of fused-ring (bicyclic) bond motifs is 1. The lowest BCUT2D eigenvalue weighted by atomic mass is 9.83. The van der Waals surface area contributed by atoms with Crippen molar-refractivity contribution in [1.82, 2.24) is 10.2 Å². The lowest BCUT2D eigenvalue weighted by Gasteiger charge is -2.24. The molecule has 1 aliphatic rings. The van der Waals surface area contributed by atoms with Crippen molar-refractivity contribution < 1.29 is 13.5 Å². The number of benzene rings is 1. The van der Waals surface area contributed by atoms with Crippen LogP contribution in [-0.2, 0) is 6.42 Å². The molecule has 23 heavy (non-hydrogen) atoms. The molecule has 2 heterocycles. The van der Waals surface area contributed by atoms with Gasteiger partial charge in [0.15, 0.2) is 11.6 Å². The highest BCUT2D eigenvalue weighted by molar-refractivity contribution is 5.55. The maximum Gasteiger partial charge on any atom is 0.244 e. The summed E-state index contributed by atoms with van der Waals surface area (Å²) in [5.74, 6) is -2.38. The Morgan fingerprint density at radius 3 is 2.83 bits per heavy atom. The number of nitrogens with zero attached hydrogens (tertiary/aromatic N) is 2. The van der Waals surface area contributed by atoms with Crippen LogP contribution in [0.1, 0.15) is 36.1 Å². The first-order chi connectivity index (χ1) is 11.1. The third-order valence-electron chi connectivity index (χ3n) is 3.79. The summed E-state index contributed by atoms with van der Waals surface area (Å²) in [4.78, 5) is 0. The van der Waals surface area contributed by atoms with Gasteiger partial charge >= 0.3 is 0 Å². The summed E-state index contributed by atoms with van der Waals surface area (Å²) in [6.45, 7) is 2.00. The number of ether oxygens (including phenoxy) is 1. The number of nitriles is 1. The Morgan fingerprint density at radius 2 is 2.17 bits per heavy atom. The van der Waals surface area contributed by atoms with Crippen molar-refractivity contribution in [3.8, 4) is 11.9 Å². The summed E-state index contributed by atoms with van der Waals surface area (Å²) < 4.78 is 32.3. The molecule has 3 rings (SSSR count). The fraction of sp³-hybridized carbons (Fsp3) is 0.250. The van der Waals surface area contributed by atoms with Crippen LogP contribution < -0.4 is 10.5 Å². The van der Waals surface area contributed by atoms with Gasteiger partial charge in [0.1, 0.15) is 11.6 Å². The molecule has 5 nitrogen and oxygen atoms in total. The van der Waals surface area contributed by atoms with E-state index in [9.17, 15) is 14.0 Å². The minimum atomic E-state index is -0.980. The lowest BCUT2D eigenvalue weighted by molar-refractivity contribution is 0.378. The molecule has 118 valence electrons. The van der Waals surface area contributed by atoms with Crippen LogP contribution in [0.15, 0.2) is 29.7 Å². The van der Waals surface area contributed by atoms with Gasteiger partial charge in [0.05, 0.1) is 5.92 Å². The Balaban J connectivity index is 2.21. The molecule has 0 aliphatic carbocycles. The Labute approximate surface area is 131 Å². The van der Waals surface area contributed by atoms with Gasteiger partial charge in [0.2, 0.25) is 11.8 Å². The number of hydrogen-bond donors (Lipinski definition) is 2. The standard InChI is InChI=1S/C16H14F2N4O/c1-2-3-12-14-13(8-4-5-10(17)11(18)6-8)9(7-19)15(20)23-16(14)22-21-12/h4-6,13H,2-3,20H2,1H3,(H,21,22). The lowest BCUT2D eigenvalue weighted by Crippen LogP contribution is -2.21. The molecule has 0 radical (unpaired) electrons. The minimum absolute atomic E-state index is 0.0794. The van der Waals surface area contributed by atoms with Crippen molar-refractivity contribution in [1.29, 1.82) is 5.26 Å². The zero-order valence-corrected chi connectivity index (χ0v) is 12.4. The predicted molar refractivity (Wildman–Crippen MR) is 78.2 cm³/mol. The maximum absolute atomic E-state index is 13.7. The fourth-order valence-electron chi connectivity index (χ4n) is 2.77. The number of aromatic amines is 1. The summed E-state index contributed by atoms with van der Waals surface area (Å²) in [6.07, 6.45) is 1.53. The molecule has 1 atom stereocenters. The second-order valence-electron chi connectivity index (χ2n) is 5.27. The quantitative estimate of drug-likeness (QED) is 0.911. The van der Waals surface area contributed by atoms with Crippen molar-refractivity contribution >= 4 is 0 Å². The van der Waals surface area contributed by atoms with Gasteiger partial charge in [-0.15, -0.1) is 5.10 Å². The van der Waals surface area contributed by atoms with E-state index in [2.05, 4.69) is 10.2 Å². The molecular weight excluding hydrogens is 302 g/mol. The molecule has 1 aliphatic heterocycles. The van der Waals surface area contributed by atoms with Gasteiger partial charge in [0.25, 0.3) is 0 Å². The Hall–Kier alpha value is -2.88.